The Balaban J connectivity index is 1.44. The van der Waals surface area contributed by atoms with Crippen molar-refractivity contribution in [2.45, 2.75) is 11.8 Å². The number of fused-ring (bicyclic) bond motifs is 1. The van der Waals surface area contributed by atoms with Crippen molar-refractivity contribution in [1.82, 2.24) is 5.32 Å². The number of rotatable bonds is 8. The second-order valence-corrected chi connectivity index (χ2v) is 8.73. The summed E-state index contributed by atoms with van der Waals surface area (Å²) in [6.45, 7) is 4.14. The van der Waals surface area contributed by atoms with Crippen LogP contribution in [0, 0.1) is 0 Å². The van der Waals surface area contributed by atoms with Crippen molar-refractivity contribution in [2.75, 3.05) is 36.0 Å². The van der Waals surface area contributed by atoms with Gasteiger partial charge in [-0.2, -0.15) is 0 Å². The van der Waals surface area contributed by atoms with Crippen LogP contribution in [0.15, 0.2) is 94.7 Å². The number of carbonyl (C=O) groups excluding carboxylic acids is 2. The summed E-state index contributed by atoms with van der Waals surface area (Å²) in [5, 5.41) is 2.98. The van der Waals surface area contributed by atoms with Gasteiger partial charge in [0.15, 0.2) is 0 Å². The molecule has 0 aliphatic carbocycles. The van der Waals surface area contributed by atoms with Gasteiger partial charge in [-0.15, -0.1) is 0 Å². The lowest BCUT2D eigenvalue weighted by Crippen LogP contribution is -2.44. The van der Waals surface area contributed by atoms with Crippen LogP contribution in [0.1, 0.15) is 12.5 Å². The molecule has 1 aliphatic rings. The smallest absolute Gasteiger partial charge is 0.265 e. The average molecular weight is 458 g/mol. The van der Waals surface area contributed by atoms with Gasteiger partial charge < -0.3 is 10.2 Å². The van der Waals surface area contributed by atoms with Gasteiger partial charge in [-0.05, 0) is 42.8 Å². The third-order valence-electron chi connectivity index (χ3n) is 5.44. The summed E-state index contributed by atoms with van der Waals surface area (Å²) in [6, 6.07) is 27.6. The summed E-state index contributed by atoms with van der Waals surface area (Å²) >= 11 is 1.44. The van der Waals surface area contributed by atoms with Gasteiger partial charge in [-0.25, -0.2) is 0 Å². The van der Waals surface area contributed by atoms with E-state index in [1.807, 2.05) is 78.9 Å². The highest BCUT2D eigenvalue weighted by Gasteiger charge is 2.30. The Morgan fingerprint density at radius 2 is 1.64 bits per heavy atom. The normalized spacial score (nSPS) is 14.2. The number of likely N-dealkylation sites (N-methyl/N-ethyl adjacent to an activating group) is 1. The minimum atomic E-state index is -0.173. The Kier molecular flexibility index (Phi) is 7.47. The Bertz CT molecular complexity index is 1130. The molecule has 0 fully saturated rings. The van der Waals surface area contributed by atoms with Crippen molar-refractivity contribution in [1.29, 1.82) is 0 Å². The van der Waals surface area contributed by atoms with Crippen molar-refractivity contribution >= 4 is 41.0 Å². The fourth-order valence-corrected chi connectivity index (χ4v) is 4.82. The minimum absolute atomic E-state index is 0.0139. The van der Waals surface area contributed by atoms with Crippen LogP contribution in [0.2, 0.25) is 0 Å². The summed E-state index contributed by atoms with van der Waals surface area (Å²) in [5.74, 6) is -0.328. The maximum atomic E-state index is 13.3. The van der Waals surface area contributed by atoms with E-state index >= 15 is 0 Å². The third-order valence-corrected chi connectivity index (χ3v) is 6.52. The maximum absolute atomic E-state index is 13.3. The second-order valence-electron chi connectivity index (χ2n) is 7.65. The lowest BCUT2D eigenvalue weighted by atomic mass is 10.2. The van der Waals surface area contributed by atoms with Crippen LogP contribution in [-0.4, -0.2) is 38.0 Å². The second kappa shape index (κ2) is 10.9. The predicted molar refractivity (Wildman–Crippen MR) is 136 cm³/mol. The quantitative estimate of drug-likeness (QED) is 0.493. The molecule has 0 radical (unpaired) electrons. The molecule has 168 valence electrons. The number of thioether (sulfide) groups is 1. The summed E-state index contributed by atoms with van der Waals surface area (Å²) in [4.78, 5) is 31.4. The largest absolute Gasteiger partial charge is 0.370 e. The lowest BCUT2D eigenvalue weighted by Gasteiger charge is -2.30. The van der Waals surface area contributed by atoms with E-state index in [-0.39, 0.29) is 18.4 Å². The van der Waals surface area contributed by atoms with Gasteiger partial charge in [0.1, 0.15) is 6.54 Å². The van der Waals surface area contributed by atoms with Crippen LogP contribution in [0.4, 0.5) is 11.4 Å². The Morgan fingerprint density at radius 1 is 0.970 bits per heavy atom. The number of para-hydroxylation sites is 2. The number of carbonyl (C=O) groups is 2. The van der Waals surface area contributed by atoms with Gasteiger partial charge in [-0.3, -0.25) is 14.5 Å². The Hall–Kier alpha value is -3.51. The van der Waals surface area contributed by atoms with Crippen LogP contribution < -0.4 is 15.1 Å². The number of hydrogen-bond donors (Lipinski definition) is 1. The first-order chi connectivity index (χ1) is 16.2. The third kappa shape index (κ3) is 5.65. The molecule has 0 bridgehead atoms. The van der Waals surface area contributed by atoms with Crippen molar-refractivity contribution < 1.29 is 9.59 Å². The number of benzene rings is 3. The van der Waals surface area contributed by atoms with Gasteiger partial charge in [-0.1, -0.05) is 72.4 Å². The number of nitrogens with zero attached hydrogens (tertiary/aromatic N) is 2. The zero-order chi connectivity index (χ0) is 23.0. The van der Waals surface area contributed by atoms with Crippen molar-refractivity contribution in [2.24, 2.45) is 0 Å². The van der Waals surface area contributed by atoms with E-state index in [0.29, 0.717) is 18.0 Å². The molecule has 1 N–H and O–H groups in total. The molecule has 3 aromatic carbocycles. The molecule has 4 rings (SSSR count). The monoisotopic (exact) mass is 457 g/mol. The molecule has 1 heterocycles. The predicted octanol–water partition coefficient (Wildman–Crippen LogP) is 4.81. The molecule has 3 aromatic rings. The van der Waals surface area contributed by atoms with Crippen LogP contribution >= 0.6 is 11.8 Å². The molecule has 0 unspecified atom stereocenters. The lowest BCUT2D eigenvalue weighted by molar-refractivity contribution is -0.122. The van der Waals surface area contributed by atoms with E-state index in [2.05, 4.69) is 29.3 Å². The molecule has 0 spiro atoms. The fraction of sp³-hybridized carbons (Fsp3) is 0.185. The van der Waals surface area contributed by atoms with E-state index in [1.54, 1.807) is 4.90 Å². The minimum Gasteiger partial charge on any atom is -0.370 e. The highest BCUT2D eigenvalue weighted by molar-refractivity contribution is 8.04. The SMILES string of the molecule is CCN(CCNC(=O)CN1C(=O)C(=Cc2ccccc2)Sc2ccccc21)c1ccccc1. The van der Waals surface area contributed by atoms with E-state index < -0.39 is 0 Å². The molecular weight excluding hydrogens is 430 g/mol. The Labute approximate surface area is 199 Å². The maximum Gasteiger partial charge on any atom is 0.265 e. The molecular formula is C27H27N3O2S. The molecule has 5 nitrogen and oxygen atoms in total. The summed E-state index contributed by atoms with van der Waals surface area (Å²) < 4.78 is 0. The van der Waals surface area contributed by atoms with Gasteiger partial charge in [0.05, 0.1) is 10.6 Å². The highest BCUT2D eigenvalue weighted by Crippen LogP contribution is 2.41. The van der Waals surface area contributed by atoms with Crippen molar-refractivity contribution in [3.8, 4) is 0 Å². The Morgan fingerprint density at radius 3 is 2.36 bits per heavy atom. The summed E-state index contributed by atoms with van der Waals surface area (Å²) in [7, 11) is 0. The zero-order valence-electron chi connectivity index (χ0n) is 18.6. The standard InChI is InChI=1S/C27H27N3O2S/c1-2-29(22-13-7-4-8-14-22)18-17-28-26(31)20-30-23-15-9-10-16-24(23)33-25(27(30)32)19-21-11-5-3-6-12-21/h3-16,19H,2,17-18,20H2,1H3,(H,28,31). The number of amides is 2. The average Bonchev–Trinajstić information content (AvgIpc) is 2.85. The number of nitrogens with one attached hydrogen (secondary N) is 1. The van der Waals surface area contributed by atoms with Crippen LogP contribution in [0.5, 0.6) is 0 Å². The molecule has 2 amide bonds. The first-order valence-corrected chi connectivity index (χ1v) is 11.9. The van der Waals surface area contributed by atoms with Crippen LogP contribution in [0.25, 0.3) is 6.08 Å². The molecule has 6 heteroatoms. The van der Waals surface area contributed by atoms with E-state index in [9.17, 15) is 9.59 Å². The molecule has 0 atom stereocenters. The van der Waals surface area contributed by atoms with Crippen LogP contribution in [-0.2, 0) is 9.59 Å². The van der Waals surface area contributed by atoms with E-state index in [0.717, 1.165) is 28.4 Å². The van der Waals surface area contributed by atoms with Gasteiger partial charge in [0.2, 0.25) is 5.91 Å². The summed E-state index contributed by atoms with van der Waals surface area (Å²) in [6.07, 6.45) is 1.88. The molecule has 0 saturated heterocycles. The first kappa shape index (κ1) is 22.7. The fourth-order valence-electron chi connectivity index (χ4n) is 3.76. The van der Waals surface area contributed by atoms with Crippen LogP contribution in [0.3, 0.4) is 0 Å². The number of anilines is 2. The van der Waals surface area contributed by atoms with Gasteiger partial charge in [0.25, 0.3) is 5.91 Å². The zero-order valence-corrected chi connectivity index (χ0v) is 19.4. The molecule has 0 aromatic heterocycles. The molecule has 0 saturated carbocycles. The molecule has 1 aliphatic heterocycles. The first-order valence-electron chi connectivity index (χ1n) is 11.1. The summed E-state index contributed by atoms with van der Waals surface area (Å²) in [5.41, 5.74) is 2.85. The van der Waals surface area contributed by atoms with Gasteiger partial charge >= 0.3 is 0 Å². The topological polar surface area (TPSA) is 52.7 Å². The van der Waals surface area contributed by atoms with Gasteiger partial charge in [0, 0.05) is 30.2 Å². The van der Waals surface area contributed by atoms with Crippen molar-refractivity contribution in [3.05, 3.63) is 95.4 Å². The highest BCUT2D eigenvalue weighted by atomic mass is 32.2. The van der Waals surface area contributed by atoms with Crippen molar-refractivity contribution in [3.63, 3.8) is 0 Å². The van der Waals surface area contributed by atoms with E-state index in [4.69, 9.17) is 0 Å². The van der Waals surface area contributed by atoms with E-state index in [1.165, 1.54) is 11.8 Å². The number of hydrogen-bond acceptors (Lipinski definition) is 4. The molecule has 33 heavy (non-hydrogen) atoms.